The van der Waals surface area contributed by atoms with Crippen LogP contribution in [0.2, 0.25) is 0 Å². The van der Waals surface area contributed by atoms with E-state index in [0.29, 0.717) is 17.0 Å². The van der Waals surface area contributed by atoms with Gasteiger partial charge in [-0.15, -0.1) is 0 Å². The van der Waals surface area contributed by atoms with E-state index < -0.39 is 17.6 Å². The van der Waals surface area contributed by atoms with E-state index in [-0.39, 0.29) is 29.3 Å². The number of phenols is 1. The number of aromatic hydroxyl groups is 1. The first-order valence-corrected chi connectivity index (χ1v) is 11.4. The number of hydrogen-bond donors (Lipinski definition) is 2. The van der Waals surface area contributed by atoms with Gasteiger partial charge < -0.3 is 14.2 Å². The van der Waals surface area contributed by atoms with Gasteiger partial charge in [-0.05, 0) is 66.2 Å². The van der Waals surface area contributed by atoms with Crippen molar-refractivity contribution in [1.29, 1.82) is 5.26 Å². The van der Waals surface area contributed by atoms with Gasteiger partial charge in [-0.3, -0.25) is 4.79 Å². The molecule has 1 amide bonds. The van der Waals surface area contributed by atoms with Crippen molar-refractivity contribution in [2.45, 2.75) is 12.7 Å². The van der Waals surface area contributed by atoms with Gasteiger partial charge in [0.15, 0.2) is 5.82 Å². The fourth-order valence-electron chi connectivity index (χ4n) is 3.82. The highest BCUT2D eigenvalue weighted by Crippen LogP contribution is 2.30. The molecule has 12 heteroatoms. The van der Waals surface area contributed by atoms with E-state index >= 15 is 0 Å². The number of nitrogens with one attached hydrogen (secondary N) is 1. The molecule has 5 rings (SSSR count). The van der Waals surface area contributed by atoms with Crippen LogP contribution in [0.15, 0.2) is 82.6 Å². The maximum Gasteiger partial charge on any atom is 0.416 e. The number of alkyl halides is 3. The summed E-state index contributed by atoms with van der Waals surface area (Å²) in [4.78, 5) is 16.6. The Bertz CT molecular complexity index is 1750. The Morgan fingerprint density at radius 3 is 2.67 bits per heavy atom. The smallest absolute Gasteiger partial charge is 0.416 e. The molecule has 2 aromatic heterocycles. The first-order chi connectivity index (χ1) is 18.7. The zero-order valence-corrected chi connectivity index (χ0v) is 19.8. The zero-order chi connectivity index (χ0) is 27.6. The van der Waals surface area contributed by atoms with E-state index in [0.717, 1.165) is 23.0 Å². The Labute approximate surface area is 218 Å². The van der Waals surface area contributed by atoms with E-state index in [1.54, 1.807) is 12.1 Å². The zero-order valence-electron chi connectivity index (χ0n) is 19.8. The van der Waals surface area contributed by atoms with E-state index in [1.165, 1.54) is 36.5 Å². The molecule has 0 radical (unpaired) electrons. The second-order valence-electron chi connectivity index (χ2n) is 8.40. The molecule has 3 aromatic carbocycles. The van der Waals surface area contributed by atoms with Crippen LogP contribution in [0.25, 0.3) is 22.4 Å². The number of aromatic nitrogens is 3. The SMILES string of the molecule is N#Cc1cc(C(=O)NN=Cc2ccc3c(ccn3Cc3noc(-c4ccc(C(F)(F)F)cc4)n3)c2)ccc1O. The van der Waals surface area contributed by atoms with Gasteiger partial charge in [0.1, 0.15) is 11.8 Å². The second-order valence-corrected chi connectivity index (χ2v) is 8.40. The average Bonchev–Trinajstić information content (AvgIpc) is 3.56. The molecular weight excluding hydrogens is 513 g/mol. The van der Waals surface area contributed by atoms with E-state index in [9.17, 15) is 23.1 Å². The third-order valence-electron chi connectivity index (χ3n) is 5.79. The molecule has 0 fully saturated rings. The van der Waals surface area contributed by atoms with Crippen molar-refractivity contribution < 1.29 is 27.6 Å². The lowest BCUT2D eigenvalue weighted by Crippen LogP contribution is -2.17. The number of nitrogens with zero attached hydrogens (tertiary/aromatic N) is 5. The number of carbonyl (C=O) groups excluding carboxylic acids is 1. The van der Waals surface area contributed by atoms with Crippen LogP contribution in [0.3, 0.4) is 0 Å². The average molecular weight is 530 g/mol. The van der Waals surface area contributed by atoms with Crippen LogP contribution in [0.1, 0.15) is 32.9 Å². The number of phenolic OH excluding ortho intramolecular Hbond substituents is 1. The summed E-state index contributed by atoms with van der Waals surface area (Å²) in [5, 5.41) is 27.3. The summed E-state index contributed by atoms with van der Waals surface area (Å²) in [5.74, 6) is -0.279. The molecule has 0 aliphatic rings. The Morgan fingerprint density at radius 1 is 1.13 bits per heavy atom. The van der Waals surface area contributed by atoms with Crippen LogP contribution in [0.5, 0.6) is 5.75 Å². The quantitative estimate of drug-likeness (QED) is 0.232. The first kappa shape index (κ1) is 25.2. The molecule has 0 spiro atoms. The summed E-state index contributed by atoms with van der Waals surface area (Å²) >= 11 is 0. The topological polar surface area (TPSA) is 129 Å². The number of fused-ring (bicyclic) bond motifs is 1. The molecule has 2 heterocycles. The summed E-state index contributed by atoms with van der Waals surface area (Å²) in [6.45, 7) is 0.272. The largest absolute Gasteiger partial charge is 0.507 e. The number of amides is 1. The van der Waals surface area contributed by atoms with Gasteiger partial charge >= 0.3 is 6.18 Å². The van der Waals surface area contributed by atoms with Crippen molar-refractivity contribution in [2.75, 3.05) is 0 Å². The number of rotatable bonds is 6. The monoisotopic (exact) mass is 530 g/mol. The Balaban J connectivity index is 1.25. The highest BCUT2D eigenvalue weighted by molar-refractivity contribution is 5.96. The van der Waals surface area contributed by atoms with Crippen molar-refractivity contribution in [2.24, 2.45) is 5.10 Å². The summed E-state index contributed by atoms with van der Waals surface area (Å²) < 4.78 is 45.5. The van der Waals surface area contributed by atoms with Crippen LogP contribution in [-0.4, -0.2) is 31.9 Å². The minimum absolute atomic E-state index is 0.0155. The lowest BCUT2D eigenvalue weighted by Gasteiger charge is -2.05. The molecule has 0 aliphatic carbocycles. The van der Waals surface area contributed by atoms with Crippen LogP contribution in [0.4, 0.5) is 13.2 Å². The number of nitriles is 1. The number of hydrogen-bond acceptors (Lipinski definition) is 7. The summed E-state index contributed by atoms with van der Waals surface area (Å²) in [6.07, 6.45) is -1.13. The number of carbonyl (C=O) groups is 1. The fourth-order valence-corrected chi connectivity index (χ4v) is 3.82. The Kier molecular flexibility index (Phi) is 6.56. The molecule has 0 aliphatic heterocycles. The minimum Gasteiger partial charge on any atom is -0.507 e. The lowest BCUT2D eigenvalue weighted by molar-refractivity contribution is -0.137. The number of hydrazone groups is 1. The van der Waals surface area contributed by atoms with Crippen LogP contribution in [0, 0.1) is 11.3 Å². The van der Waals surface area contributed by atoms with Gasteiger partial charge in [-0.1, -0.05) is 11.2 Å². The van der Waals surface area contributed by atoms with Crippen molar-refractivity contribution in [1.82, 2.24) is 20.1 Å². The molecular formula is C27H17F3N6O3. The lowest BCUT2D eigenvalue weighted by atomic mass is 10.1. The van der Waals surface area contributed by atoms with E-state index in [1.807, 2.05) is 29.0 Å². The Morgan fingerprint density at radius 2 is 1.92 bits per heavy atom. The second kappa shape index (κ2) is 10.1. The van der Waals surface area contributed by atoms with Gasteiger partial charge in [0.2, 0.25) is 0 Å². The summed E-state index contributed by atoms with van der Waals surface area (Å²) in [5.41, 5.74) is 3.75. The van der Waals surface area contributed by atoms with Gasteiger partial charge in [-0.2, -0.15) is 28.5 Å². The molecule has 194 valence electrons. The maximum absolute atomic E-state index is 12.8. The van der Waals surface area contributed by atoms with Crippen molar-refractivity contribution >= 4 is 23.0 Å². The van der Waals surface area contributed by atoms with Gasteiger partial charge in [0, 0.05) is 28.2 Å². The molecule has 0 bridgehead atoms. The van der Waals surface area contributed by atoms with Crippen molar-refractivity contribution in [3.05, 3.63) is 101 Å². The van der Waals surface area contributed by atoms with Gasteiger partial charge in [-0.25, -0.2) is 5.43 Å². The van der Waals surface area contributed by atoms with Crippen molar-refractivity contribution in [3.8, 4) is 23.3 Å². The normalized spacial score (nSPS) is 11.6. The summed E-state index contributed by atoms with van der Waals surface area (Å²) in [7, 11) is 0. The third-order valence-corrected chi connectivity index (χ3v) is 5.79. The Hall–Kier alpha value is -5.44. The van der Waals surface area contributed by atoms with Crippen molar-refractivity contribution in [3.63, 3.8) is 0 Å². The van der Waals surface area contributed by atoms with E-state index in [4.69, 9.17) is 9.78 Å². The van der Waals surface area contributed by atoms with Crippen LogP contribution < -0.4 is 5.43 Å². The van der Waals surface area contributed by atoms with Crippen LogP contribution in [-0.2, 0) is 12.7 Å². The molecule has 0 atom stereocenters. The maximum atomic E-state index is 12.8. The fraction of sp³-hybridized carbons (Fsp3) is 0.0741. The van der Waals surface area contributed by atoms with E-state index in [2.05, 4.69) is 20.7 Å². The molecule has 9 nitrogen and oxygen atoms in total. The minimum atomic E-state index is -4.43. The van der Waals surface area contributed by atoms with Gasteiger partial charge in [0.05, 0.1) is 23.9 Å². The predicted octanol–water partition coefficient (Wildman–Crippen LogP) is 5.10. The summed E-state index contributed by atoms with van der Waals surface area (Å²) in [6, 6.07) is 17.6. The molecule has 39 heavy (non-hydrogen) atoms. The molecule has 0 saturated carbocycles. The predicted molar refractivity (Wildman–Crippen MR) is 134 cm³/mol. The third kappa shape index (κ3) is 5.47. The number of halogens is 3. The molecule has 2 N–H and O–H groups in total. The standard InChI is InChI=1S/C27H17F3N6O3/c28-27(29,30)21-5-2-17(3-6-21)26-33-24(35-39-26)15-36-10-9-18-11-16(1-7-22(18)36)14-32-34-25(38)19-4-8-23(37)20(12-19)13-31/h1-12,14,37H,15H2,(H,34,38). The first-order valence-electron chi connectivity index (χ1n) is 11.4. The molecule has 0 saturated heterocycles. The highest BCUT2D eigenvalue weighted by atomic mass is 19.4. The molecule has 0 unspecified atom stereocenters. The number of benzene rings is 3. The molecule has 5 aromatic rings. The van der Waals surface area contributed by atoms with Gasteiger partial charge in [0.25, 0.3) is 11.8 Å². The highest BCUT2D eigenvalue weighted by Gasteiger charge is 2.30. The van der Waals surface area contributed by atoms with Crippen LogP contribution >= 0.6 is 0 Å².